The summed E-state index contributed by atoms with van der Waals surface area (Å²) in [6.07, 6.45) is 2.27. The van der Waals surface area contributed by atoms with Crippen molar-refractivity contribution in [3.63, 3.8) is 0 Å². The van der Waals surface area contributed by atoms with Gasteiger partial charge >= 0.3 is 0 Å². The molecule has 1 amide bonds. The number of nitrogens with zero attached hydrogens (tertiary/aromatic N) is 3. The normalized spacial score (nSPS) is 14.9. The van der Waals surface area contributed by atoms with Crippen LogP contribution in [0.1, 0.15) is 18.1 Å². The monoisotopic (exact) mass is 403 g/mol. The Morgan fingerprint density at radius 3 is 2.47 bits per heavy atom. The molecule has 0 saturated carbocycles. The lowest BCUT2D eigenvalue weighted by atomic mass is 10.1. The van der Waals surface area contributed by atoms with Gasteiger partial charge in [0.2, 0.25) is 0 Å². The average molecular weight is 404 g/mol. The number of nitriles is 1. The van der Waals surface area contributed by atoms with Crippen LogP contribution in [-0.2, 0) is 11.2 Å². The first-order chi connectivity index (χ1) is 14.5. The first-order valence-electron chi connectivity index (χ1n) is 10.3. The van der Waals surface area contributed by atoms with Gasteiger partial charge in [-0.3, -0.25) is 4.79 Å². The van der Waals surface area contributed by atoms with Crippen molar-refractivity contribution in [2.24, 2.45) is 0 Å². The third kappa shape index (κ3) is 5.19. The molecule has 2 aromatic carbocycles. The molecule has 0 atom stereocenters. The molecule has 156 valence electrons. The smallest absolute Gasteiger partial charge is 0.267 e. The topological polar surface area (TPSA) is 71.4 Å². The number of aryl methyl sites for hydroxylation is 2. The van der Waals surface area contributed by atoms with Gasteiger partial charge in [-0.2, -0.15) is 5.26 Å². The van der Waals surface area contributed by atoms with Crippen molar-refractivity contribution in [3.8, 4) is 6.07 Å². The van der Waals surface area contributed by atoms with Gasteiger partial charge in [0.05, 0.1) is 0 Å². The molecule has 30 heavy (non-hydrogen) atoms. The van der Waals surface area contributed by atoms with Crippen LogP contribution in [0.2, 0.25) is 0 Å². The van der Waals surface area contributed by atoms with Crippen molar-refractivity contribution in [1.82, 2.24) is 4.90 Å². The Balaban J connectivity index is 1.65. The molecule has 1 heterocycles. The van der Waals surface area contributed by atoms with Crippen LogP contribution in [0.25, 0.3) is 0 Å². The number of piperazine rings is 1. The van der Waals surface area contributed by atoms with Crippen LogP contribution in [0.15, 0.2) is 54.2 Å². The number of nitrogens with one attached hydrogen (secondary N) is 2. The van der Waals surface area contributed by atoms with Crippen LogP contribution in [-0.4, -0.2) is 44.0 Å². The van der Waals surface area contributed by atoms with E-state index in [1.165, 1.54) is 11.9 Å². The van der Waals surface area contributed by atoms with Gasteiger partial charge in [0.15, 0.2) is 0 Å². The molecule has 0 bridgehead atoms. The van der Waals surface area contributed by atoms with Gasteiger partial charge in [-0.25, -0.2) is 0 Å². The van der Waals surface area contributed by atoms with Crippen molar-refractivity contribution < 1.29 is 4.79 Å². The van der Waals surface area contributed by atoms with Gasteiger partial charge < -0.3 is 20.4 Å². The first-order valence-corrected chi connectivity index (χ1v) is 10.3. The fraction of sp³-hybridized carbons (Fsp3) is 0.333. The van der Waals surface area contributed by atoms with E-state index >= 15 is 0 Å². The van der Waals surface area contributed by atoms with Crippen molar-refractivity contribution in [1.29, 1.82) is 5.26 Å². The Morgan fingerprint density at radius 1 is 1.13 bits per heavy atom. The molecular formula is C24H29N5O. The zero-order valence-corrected chi connectivity index (χ0v) is 17.9. The lowest BCUT2D eigenvalue weighted by Gasteiger charge is -2.34. The second-order valence-electron chi connectivity index (χ2n) is 7.57. The van der Waals surface area contributed by atoms with E-state index in [9.17, 15) is 10.1 Å². The van der Waals surface area contributed by atoms with Gasteiger partial charge in [0.1, 0.15) is 11.6 Å². The highest BCUT2D eigenvalue weighted by Gasteiger charge is 2.15. The summed E-state index contributed by atoms with van der Waals surface area (Å²) in [4.78, 5) is 17.3. The Kier molecular flexibility index (Phi) is 7.10. The summed E-state index contributed by atoms with van der Waals surface area (Å²) < 4.78 is 0. The Hall–Kier alpha value is -3.30. The number of hydrogen-bond donors (Lipinski definition) is 2. The van der Waals surface area contributed by atoms with E-state index in [2.05, 4.69) is 39.6 Å². The van der Waals surface area contributed by atoms with E-state index in [-0.39, 0.29) is 5.57 Å². The van der Waals surface area contributed by atoms with E-state index in [1.54, 1.807) is 0 Å². The minimum absolute atomic E-state index is 0.0310. The number of benzene rings is 2. The second kappa shape index (κ2) is 9.95. The summed E-state index contributed by atoms with van der Waals surface area (Å²) in [7, 11) is 2.14. The largest absolute Gasteiger partial charge is 0.369 e. The highest BCUT2D eigenvalue weighted by Crippen LogP contribution is 2.22. The van der Waals surface area contributed by atoms with E-state index in [4.69, 9.17) is 0 Å². The number of carbonyl (C=O) groups excluding carboxylic acids is 1. The standard InChI is InChI=1S/C24H29N5O/c1-4-19-7-5-6-18(2)23(19)27-24(30)20(16-25)17-26-21-8-10-22(11-9-21)29-14-12-28(3)13-15-29/h5-11,17,26H,4,12-15H2,1-3H3,(H,27,30)/b20-17-. The number of hydrogen-bond acceptors (Lipinski definition) is 5. The molecule has 0 spiro atoms. The molecule has 1 fully saturated rings. The summed E-state index contributed by atoms with van der Waals surface area (Å²) in [5.74, 6) is -0.414. The zero-order chi connectivity index (χ0) is 21.5. The maximum absolute atomic E-state index is 12.6. The summed E-state index contributed by atoms with van der Waals surface area (Å²) >= 11 is 0. The molecule has 6 nitrogen and oxygen atoms in total. The fourth-order valence-corrected chi connectivity index (χ4v) is 3.52. The fourth-order valence-electron chi connectivity index (χ4n) is 3.52. The lowest BCUT2D eigenvalue weighted by molar-refractivity contribution is -0.112. The molecule has 2 aromatic rings. The molecular weight excluding hydrogens is 374 g/mol. The molecule has 0 unspecified atom stereocenters. The van der Waals surface area contributed by atoms with Crippen LogP contribution < -0.4 is 15.5 Å². The van der Waals surface area contributed by atoms with Gasteiger partial charge in [0, 0.05) is 49.4 Å². The predicted octanol–water partition coefficient (Wildman–Crippen LogP) is 3.77. The number of carbonyl (C=O) groups is 1. The summed E-state index contributed by atoms with van der Waals surface area (Å²) in [5, 5.41) is 15.4. The third-order valence-electron chi connectivity index (χ3n) is 5.46. The van der Waals surface area contributed by atoms with Crippen molar-refractivity contribution in [2.45, 2.75) is 20.3 Å². The van der Waals surface area contributed by atoms with Crippen LogP contribution in [0.3, 0.4) is 0 Å². The molecule has 1 saturated heterocycles. The molecule has 1 aliphatic rings. The SMILES string of the molecule is CCc1cccc(C)c1NC(=O)/C(C#N)=C\Nc1ccc(N2CCN(C)CC2)cc1. The quantitative estimate of drug-likeness (QED) is 0.568. The minimum atomic E-state index is -0.414. The van der Waals surface area contributed by atoms with Gasteiger partial charge in [-0.1, -0.05) is 25.1 Å². The molecule has 1 aliphatic heterocycles. The summed E-state index contributed by atoms with van der Waals surface area (Å²) in [5.41, 5.74) is 4.85. The molecule has 3 rings (SSSR count). The van der Waals surface area contributed by atoms with Gasteiger partial charge in [-0.15, -0.1) is 0 Å². The Labute approximate surface area is 178 Å². The maximum atomic E-state index is 12.6. The molecule has 2 N–H and O–H groups in total. The highest BCUT2D eigenvalue weighted by atomic mass is 16.1. The number of anilines is 3. The molecule has 0 aliphatic carbocycles. The Morgan fingerprint density at radius 2 is 1.83 bits per heavy atom. The van der Waals surface area contributed by atoms with Gasteiger partial charge in [0.25, 0.3) is 5.91 Å². The summed E-state index contributed by atoms with van der Waals surface area (Å²) in [6.45, 7) is 8.14. The van der Waals surface area contributed by atoms with Crippen LogP contribution in [0, 0.1) is 18.3 Å². The van der Waals surface area contributed by atoms with Crippen LogP contribution in [0.4, 0.5) is 17.1 Å². The van der Waals surface area contributed by atoms with Crippen LogP contribution in [0.5, 0.6) is 0 Å². The minimum Gasteiger partial charge on any atom is -0.369 e. The molecule has 0 aromatic heterocycles. The third-order valence-corrected chi connectivity index (χ3v) is 5.46. The highest BCUT2D eigenvalue weighted by molar-refractivity contribution is 6.07. The van der Waals surface area contributed by atoms with E-state index in [1.807, 2.05) is 50.2 Å². The van der Waals surface area contributed by atoms with E-state index in [0.29, 0.717) is 0 Å². The number of likely N-dealkylation sites (N-methyl/N-ethyl adjacent to an activating group) is 1. The van der Waals surface area contributed by atoms with Crippen molar-refractivity contribution >= 4 is 23.0 Å². The molecule has 0 radical (unpaired) electrons. The lowest BCUT2D eigenvalue weighted by Crippen LogP contribution is -2.44. The predicted molar refractivity (Wildman–Crippen MR) is 123 cm³/mol. The van der Waals surface area contributed by atoms with E-state index in [0.717, 1.165) is 55.1 Å². The van der Waals surface area contributed by atoms with Crippen molar-refractivity contribution in [2.75, 3.05) is 48.8 Å². The maximum Gasteiger partial charge on any atom is 0.267 e. The average Bonchev–Trinajstić information content (AvgIpc) is 2.76. The summed E-state index contributed by atoms with van der Waals surface area (Å²) in [6, 6.07) is 16.0. The van der Waals surface area contributed by atoms with Crippen molar-refractivity contribution in [3.05, 3.63) is 65.4 Å². The molecule has 6 heteroatoms. The van der Waals surface area contributed by atoms with Gasteiger partial charge in [-0.05, 0) is 55.8 Å². The number of para-hydroxylation sites is 1. The van der Waals surface area contributed by atoms with Crippen LogP contribution >= 0.6 is 0 Å². The second-order valence-corrected chi connectivity index (χ2v) is 7.57. The first kappa shape index (κ1) is 21.4. The van der Waals surface area contributed by atoms with E-state index < -0.39 is 5.91 Å². The number of amides is 1. The Bertz CT molecular complexity index is 951. The zero-order valence-electron chi connectivity index (χ0n) is 17.9. The number of rotatable bonds is 6.